The first-order chi connectivity index (χ1) is 8.19. The summed E-state index contributed by atoms with van der Waals surface area (Å²) < 4.78 is 4.72. The van der Waals surface area contributed by atoms with Crippen molar-refractivity contribution in [3.63, 3.8) is 0 Å². The van der Waals surface area contributed by atoms with E-state index >= 15 is 0 Å². The molecule has 0 radical (unpaired) electrons. The maximum absolute atomic E-state index is 11.5. The van der Waals surface area contributed by atoms with Crippen LogP contribution in [0.3, 0.4) is 0 Å². The second-order valence-corrected chi connectivity index (χ2v) is 4.08. The summed E-state index contributed by atoms with van der Waals surface area (Å²) >= 11 is 0. The van der Waals surface area contributed by atoms with Crippen molar-refractivity contribution in [1.29, 1.82) is 0 Å². The van der Waals surface area contributed by atoms with Gasteiger partial charge in [0, 0.05) is 12.2 Å². The minimum absolute atomic E-state index is 0.299. The quantitative estimate of drug-likeness (QED) is 0.772. The van der Waals surface area contributed by atoms with Gasteiger partial charge in [0.2, 0.25) is 0 Å². The topological polar surface area (TPSA) is 51.2 Å². The van der Waals surface area contributed by atoms with Gasteiger partial charge in [0.15, 0.2) is 0 Å². The van der Waals surface area contributed by atoms with Crippen LogP contribution in [0.4, 0.5) is 5.82 Å². The van der Waals surface area contributed by atoms with Crippen LogP contribution in [-0.2, 0) is 4.74 Å². The van der Waals surface area contributed by atoms with Crippen LogP contribution >= 0.6 is 0 Å². The molecule has 94 valence electrons. The maximum atomic E-state index is 11.5. The smallest absolute Gasteiger partial charge is 0.341 e. The van der Waals surface area contributed by atoms with Crippen LogP contribution in [0.15, 0.2) is 18.3 Å². The fraction of sp³-hybridized carbons (Fsp3) is 0.538. The van der Waals surface area contributed by atoms with E-state index in [1.165, 1.54) is 7.11 Å². The molecule has 1 atom stereocenters. The van der Waals surface area contributed by atoms with Gasteiger partial charge in [-0.05, 0) is 25.5 Å². The first-order valence-electron chi connectivity index (χ1n) is 5.99. The summed E-state index contributed by atoms with van der Waals surface area (Å²) in [4.78, 5) is 15.7. The van der Waals surface area contributed by atoms with E-state index in [2.05, 4.69) is 24.1 Å². The molecule has 0 saturated carbocycles. The number of hydrogen-bond donors (Lipinski definition) is 1. The number of nitrogens with one attached hydrogen (secondary N) is 1. The molecule has 1 aromatic rings. The predicted molar refractivity (Wildman–Crippen MR) is 68.2 cm³/mol. The van der Waals surface area contributed by atoms with E-state index in [0.717, 1.165) is 19.3 Å². The lowest BCUT2D eigenvalue weighted by Gasteiger charge is -2.15. The summed E-state index contributed by atoms with van der Waals surface area (Å²) in [5.41, 5.74) is 0.485. The lowest BCUT2D eigenvalue weighted by Crippen LogP contribution is -2.18. The Kier molecular flexibility index (Phi) is 5.46. The van der Waals surface area contributed by atoms with E-state index in [-0.39, 0.29) is 5.97 Å². The van der Waals surface area contributed by atoms with E-state index < -0.39 is 0 Å². The minimum Gasteiger partial charge on any atom is -0.465 e. The fourth-order valence-corrected chi connectivity index (χ4v) is 1.61. The van der Waals surface area contributed by atoms with E-state index in [4.69, 9.17) is 4.74 Å². The van der Waals surface area contributed by atoms with Gasteiger partial charge < -0.3 is 10.1 Å². The molecule has 0 bridgehead atoms. The van der Waals surface area contributed by atoms with Gasteiger partial charge in [-0.2, -0.15) is 0 Å². The molecule has 0 saturated heterocycles. The van der Waals surface area contributed by atoms with Crippen LogP contribution in [0, 0.1) is 0 Å². The molecular weight excluding hydrogens is 216 g/mol. The van der Waals surface area contributed by atoms with Gasteiger partial charge in [-0.15, -0.1) is 0 Å². The zero-order valence-electron chi connectivity index (χ0n) is 10.7. The number of hydrogen-bond acceptors (Lipinski definition) is 4. The lowest BCUT2D eigenvalue weighted by atomic mass is 10.1. The van der Waals surface area contributed by atoms with Gasteiger partial charge in [0.25, 0.3) is 0 Å². The predicted octanol–water partition coefficient (Wildman–Crippen LogP) is 2.86. The molecule has 1 aromatic heterocycles. The molecule has 1 N–H and O–H groups in total. The van der Waals surface area contributed by atoms with E-state index in [9.17, 15) is 4.79 Å². The molecule has 1 rings (SSSR count). The number of aromatic nitrogens is 1. The highest BCUT2D eigenvalue weighted by Gasteiger charge is 2.13. The third kappa shape index (κ3) is 4.06. The monoisotopic (exact) mass is 236 g/mol. The Bertz CT molecular complexity index is 366. The molecule has 1 unspecified atom stereocenters. The largest absolute Gasteiger partial charge is 0.465 e. The average Bonchev–Trinajstić information content (AvgIpc) is 2.36. The molecular formula is C13H20N2O2. The number of carbonyl (C=O) groups is 1. The van der Waals surface area contributed by atoms with Gasteiger partial charge in [0.1, 0.15) is 11.4 Å². The fourth-order valence-electron chi connectivity index (χ4n) is 1.61. The summed E-state index contributed by atoms with van der Waals surface area (Å²) in [7, 11) is 1.37. The second kappa shape index (κ2) is 6.89. The van der Waals surface area contributed by atoms with Gasteiger partial charge in [-0.3, -0.25) is 0 Å². The van der Waals surface area contributed by atoms with Crippen molar-refractivity contribution >= 4 is 11.8 Å². The maximum Gasteiger partial charge on any atom is 0.341 e. The highest BCUT2D eigenvalue weighted by Crippen LogP contribution is 2.15. The summed E-state index contributed by atoms with van der Waals surface area (Å²) in [5.74, 6) is 0.242. The lowest BCUT2D eigenvalue weighted by molar-refractivity contribution is 0.0601. The van der Waals surface area contributed by atoms with Crippen molar-refractivity contribution in [3.8, 4) is 0 Å². The van der Waals surface area contributed by atoms with Crippen molar-refractivity contribution in [3.05, 3.63) is 23.9 Å². The molecule has 0 aliphatic rings. The van der Waals surface area contributed by atoms with Crippen LogP contribution < -0.4 is 5.32 Å². The summed E-state index contributed by atoms with van der Waals surface area (Å²) in [6.07, 6.45) is 5.06. The molecule has 1 heterocycles. The van der Waals surface area contributed by atoms with Crippen molar-refractivity contribution in [2.45, 2.75) is 39.2 Å². The number of pyridine rings is 1. The zero-order chi connectivity index (χ0) is 12.7. The number of anilines is 1. The third-order valence-electron chi connectivity index (χ3n) is 2.59. The number of ether oxygens (including phenoxy) is 1. The van der Waals surface area contributed by atoms with Crippen molar-refractivity contribution in [2.24, 2.45) is 0 Å². The first kappa shape index (κ1) is 13.5. The van der Waals surface area contributed by atoms with Crippen LogP contribution in [0.1, 0.15) is 43.5 Å². The van der Waals surface area contributed by atoms with Crippen molar-refractivity contribution < 1.29 is 9.53 Å². The normalized spacial score (nSPS) is 11.9. The van der Waals surface area contributed by atoms with Crippen LogP contribution in [-0.4, -0.2) is 24.1 Å². The molecule has 0 spiro atoms. The first-order valence-corrected chi connectivity index (χ1v) is 5.99. The minimum atomic E-state index is -0.358. The summed E-state index contributed by atoms with van der Waals surface area (Å²) in [6.45, 7) is 4.25. The van der Waals surface area contributed by atoms with E-state index in [0.29, 0.717) is 17.4 Å². The molecule has 4 nitrogen and oxygen atoms in total. The summed E-state index contributed by atoms with van der Waals surface area (Å²) in [5, 5.41) is 3.25. The van der Waals surface area contributed by atoms with E-state index in [1.807, 2.05) is 0 Å². The second-order valence-electron chi connectivity index (χ2n) is 4.08. The Labute approximate surface area is 102 Å². The molecule has 0 fully saturated rings. The van der Waals surface area contributed by atoms with Gasteiger partial charge in [-0.25, -0.2) is 9.78 Å². The Morgan fingerprint density at radius 2 is 2.35 bits per heavy atom. The van der Waals surface area contributed by atoms with Crippen LogP contribution in [0.25, 0.3) is 0 Å². The Morgan fingerprint density at radius 3 is 3.00 bits per heavy atom. The summed E-state index contributed by atoms with van der Waals surface area (Å²) in [6, 6.07) is 3.75. The van der Waals surface area contributed by atoms with Crippen LogP contribution in [0.2, 0.25) is 0 Å². The van der Waals surface area contributed by atoms with Gasteiger partial charge in [0.05, 0.1) is 7.11 Å². The average molecular weight is 236 g/mol. The Hall–Kier alpha value is -1.58. The highest BCUT2D eigenvalue weighted by atomic mass is 16.5. The standard InChI is InChI=1S/C13H20N2O2/c1-4-5-7-10(2)15-12-11(13(16)17-3)8-6-9-14-12/h6,8-10H,4-5,7H2,1-3H3,(H,14,15). The number of methoxy groups -OCH3 is 1. The highest BCUT2D eigenvalue weighted by molar-refractivity contribution is 5.94. The number of rotatable bonds is 6. The van der Waals surface area contributed by atoms with Crippen molar-refractivity contribution in [2.75, 3.05) is 12.4 Å². The number of unbranched alkanes of at least 4 members (excludes halogenated alkanes) is 1. The molecule has 0 aliphatic heterocycles. The number of esters is 1. The molecule has 0 amide bonds. The number of carbonyl (C=O) groups excluding carboxylic acids is 1. The SMILES string of the molecule is CCCCC(C)Nc1ncccc1C(=O)OC. The molecule has 17 heavy (non-hydrogen) atoms. The molecule has 0 aliphatic carbocycles. The Balaban J connectivity index is 2.73. The van der Waals surface area contributed by atoms with Crippen LogP contribution in [0.5, 0.6) is 0 Å². The molecule has 4 heteroatoms. The van der Waals surface area contributed by atoms with Gasteiger partial charge >= 0.3 is 5.97 Å². The van der Waals surface area contributed by atoms with Gasteiger partial charge in [-0.1, -0.05) is 19.8 Å². The molecule has 0 aromatic carbocycles. The Morgan fingerprint density at radius 1 is 1.59 bits per heavy atom. The number of nitrogens with zero attached hydrogens (tertiary/aromatic N) is 1. The van der Waals surface area contributed by atoms with Crippen molar-refractivity contribution in [1.82, 2.24) is 4.98 Å². The third-order valence-corrected chi connectivity index (χ3v) is 2.59. The zero-order valence-corrected chi connectivity index (χ0v) is 10.7. The van der Waals surface area contributed by atoms with E-state index in [1.54, 1.807) is 18.3 Å².